The molecule has 1 unspecified atom stereocenters. The number of ether oxygens (including phenoxy) is 1. The monoisotopic (exact) mass is 235 g/mol. The number of fused-ring (bicyclic) bond motifs is 1. The van der Waals surface area contributed by atoms with Gasteiger partial charge in [0.2, 0.25) is 0 Å². The summed E-state index contributed by atoms with van der Waals surface area (Å²) < 4.78 is 5.25. The van der Waals surface area contributed by atoms with Crippen molar-refractivity contribution in [1.29, 1.82) is 0 Å². The van der Waals surface area contributed by atoms with Crippen LogP contribution in [0.1, 0.15) is 30.9 Å². The predicted molar refractivity (Wildman–Crippen MR) is 68.4 cm³/mol. The van der Waals surface area contributed by atoms with Crippen LogP contribution in [0.25, 0.3) is 0 Å². The highest BCUT2D eigenvalue weighted by molar-refractivity contribution is 5.41. The van der Waals surface area contributed by atoms with E-state index in [0.29, 0.717) is 6.54 Å². The van der Waals surface area contributed by atoms with Crippen LogP contribution in [-0.4, -0.2) is 25.3 Å². The molecule has 1 aliphatic rings. The minimum atomic E-state index is -0.738. The second-order valence-electron chi connectivity index (χ2n) is 4.69. The molecule has 3 nitrogen and oxygen atoms in total. The zero-order chi connectivity index (χ0) is 12.3. The fourth-order valence-electron chi connectivity index (χ4n) is 2.56. The summed E-state index contributed by atoms with van der Waals surface area (Å²) in [6.45, 7) is 3.55. The topological polar surface area (TPSA) is 41.5 Å². The maximum absolute atomic E-state index is 10.8. The van der Waals surface area contributed by atoms with Crippen LogP contribution in [0, 0.1) is 0 Å². The Kier molecular flexibility index (Phi) is 3.69. The second-order valence-corrected chi connectivity index (χ2v) is 4.69. The van der Waals surface area contributed by atoms with Crippen molar-refractivity contribution in [2.24, 2.45) is 0 Å². The van der Waals surface area contributed by atoms with Gasteiger partial charge in [0.05, 0.1) is 7.11 Å². The molecule has 0 spiro atoms. The average molecular weight is 235 g/mol. The van der Waals surface area contributed by atoms with E-state index in [4.69, 9.17) is 4.74 Å². The van der Waals surface area contributed by atoms with Crippen LogP contribution in [0.3, 0.4) is 0 Å². The SMILES string of the molecule is CCNCC1(O)CCCc2ccc(OC)cc21. The summed E-state index contributed by atoms with van der Waals surface area (Å²) in [6, 6.07) is 6.02. The first-order chi connectivity index (χ1) is 8.19. The van der Waals surface area contributed by atoms with Crippen molar-refractivity contribution in [3.05, 3.63) is 29.3 Å². The van der Waals surface area contributed by atoms with E-state index in [1.807, 2.05) is 12.1 Å². The van der Waals surface area contributed by atoms with E-state index >= 15 is 0 Å². The third-order valence-electron chi connectivity index (χ3n) is 3.52. The standard InChI is InChI=1S/C14H21NO2/c1-3-15-10-14(16)8-4-5-11-6-7-12(17-2)9-13(11)14/h6-7,9,15-16H,3-5,8,10H2,1-2H3. The van der Waals surface area contributed by atoms with Crippen molar-refractivity contribution in [3.8, 4) is 5.75 Å². The van der Waals surface area contributed by atoms with E-state index in [0.717, 1.165) is 37.1 Å². The van der Waals surface area contributed by atoms with Crippen molar-refractivity contribution < 1.29 is 9.84 Å². The Morgan fingerprint density at radius 3 is 3.00 bits per heavy atom. The van der Waals surface area contributed by atoms with Crippen LogP contribution >= 0.6 is 0 Å². The molecule has 0 fully saturated rings. The summed E-state index contributed by atoms with van der Waals surface area (Å²) >= 11 is 0. The molecule has 3 heteroatoms. The van der Waals surface area contributed by atoms with Crippen LogP contribution in [0.15, 0.2) is 18.2 Å². The predicted octanol–water partition coefficient (Wildman–Crippen LogP) is 1.83. The van der Waals surface area contributed by atoms with Gasteiger partial charge in [-0.3, -0.25) is 0 Å². The van der Waals surface area contributed by atoms with Gasteiger partial charge in [-0.1, -0.05) is 13.0 Å². The smallest absolute Gasteiger partial charge is 0.119 e. The largest absolute Gasteiger partial charge is 0.497 e. The Labute approximate surface area is 103 Å². The van der Waals surface area contributed by atoms with Crippen molar-refractivity contribution in [2.45, 2.75) is 31.8 Å². The number of nitrogens with one attached hydrogen (secondary N) is 1. The molecule has 1 aliphatic carbocycles. The fourth-order valence-corrected chi connectivity index (χ4v) is 2.56. The number of hydrogen-bond acceptors (Lipinski definition) is 3. The molecule has 0 saturated heterocycles. The minimum absolute atomic E-state index is 0.615. The first kappa shape index (κ1) is 12.4. The number of hydrogen-bond donors (Lipinski definition) is 2. The van der Waals surface area contributed by atoms with Crippen molar-refractivity contribution in [1.82, 2.24) is 5.32 Å². The lowest BCUT2D eigenvalue weighted by Gasteiger charge is -2.35. The van der Waals surface area contributed by atoms with Crippen LogP contribution in [0.5, 0.6) is 5.75 Å². The number of rotatable bonds is 4. The molecule has 0 aliphatic heterocycles. The van der Waals surface area contributed by atoms with Gasteiger partial charge in [0.15, 0.2) is 0 Å². The molecule has 1 atom stereocenters. The maximum Gasteiger partial charge on any atom is 0.119 e. The highest BCUT2D eigenvalue weighted by Crippen LogP contribution is 2.36. The molecular formula is C14H21NO2. The van der Waals surface area contributed by atoms with Gasteiger partial charge in [0.25, 0.3) is 0 Å². The summed E-state index contributed by atoms with van der Waals surface area (Å²) in [5, 5.41) is 14.0. The highest BCUT2D eigenvalue weighted by Gasteiger charge is 2.34. The molecule has 0 amide bonds. The van der Waals surface area contributed by atoms with E-state index in [2.05, 4.69) is 18.3 Å². The number of methoxy groups -OCH3 is 1. The van der Waals surface area contributed by atoms with Crippen molar-refractivity contribution >= 4 is 0 Å². The molecular weight excluding hydrogens is 214 g/mol. The molecule has 17 heavy (non-hydrogen) atoms. The molecule has 94 valence electrons. The average Bonchev–Trinajstić information content (AvgIpc) is 2.37. The van der Waals surface area contributed by atoms with Gasteiger partial charge in [0, 0.05) is 6.54 Å². The number of benzene rings is 1. The van der Waals surface area contributed by atoms with Gasteiger partial charge in [0.1, 0.15) is 11.4 Å². The summed E-state index contributed by atoms with van der Waals surface area (Å²) in [5.41, 5.74) is 1.54. The first-order valence-electron chi connectivity index (χ1n) is 6.30. The van der Waals surface area contributed by atoms with Gasteiger partial charge < -0.3 is 15.2 Å². The molecule has 0 heterocycles. The molecule has 2 rings (SSSR count). The van der Waals surface area contributed by atoms with Gasteiger partial charge in [-0.05, 0) is 49.1 Å². The molecule has 0 aromatic heterocycles. The molecule has 0 radical (unpaired) electrons. The summed E-state index contributed by atoms with van der Waals surface area (Å²) in [5.74, 6) is 0.820. The quantitative estimate of drug-likeness (QED) is 0.836. The third kappa shape index (κ3) is 2.45. The Hall–Kier alpha value is -1.06. The zero-order valence-electron chi connectivity index (χ0n) is 10.6. The van der Waals surface area contributed by atoms with Crippen LogP contribution in [0.2, 0.25) is 0 Å². The van der Waals surface area contributed by atoms with E-state index in [1.54, 1.807) is 7.11 Å². The Morgan fingerprint density at radius 1 is 1.47 bits per heavy atom. The zero-order valence-corrected chi connectivity index (χ0v) is 10.6. The lowest BCUT2D eigenvalue weighted by atomic mass is 9.79. The van der Waals surface area contributed by atoms with E-state index in [9.17, 15) is 5.11 Å². The Bertz CT molecular complexity index is 392. The van der Waals surface area contributed by atoms with E-state index < -0.39 is 5.60 Å². The van der Waals surface area contributed by atoms with E-state index in [1.165, 1.54) is 5.56 Å². The third-order valence-corrected chi connectivity index (χ3v) is 3.52. The lowest BCUT2D eigenvalue weighted by Crippen LogP contribution is -2.40. The minimum Gasteiger partial charge on any atom is -0.497 e. The molecule has 0 saturated carbocycles. The van der Waals surface area contributed by atoms with Crippen molar-refractivity contribution in [3.63, 3.8) is 0 Å². The summed E-state index contributed by atoms with van der Waals surface area (Å²) in [4.78, 5) is 0. The molecule has 1 aromatic carbocycles. The highest BCUT2D eigenvalue weighted by atomic mass is 16.5. The van der Waals surface area contributed by atoms with Crippen LogP contribution in [-0.2, 0) is 12.0 Å². The molecule has 0 bridgehead atoms. The summed E-state index contributed by atoms with van der Waals surface area (Å²) in [7, 11) is 1.66. The molecule has 1 aromatic rings. The van der Waals surface area contributed by atoms with Crippen LogP contribution in [0.4, 0.5) is 0 Å². The first-order valence-corrected chi connectivity index (χ1v) is 6.30. The Morgan fingerprint density at radius 2 is 2.29 bits per heavy atom. The number of aliphatic hydroxyl groups is 1. The van der Waals surface area contributed by atoms with Crippen LogP contribution < -0.4 is 10.1 Å². The van der Waals surface area contributed by atoms with Gasteiger partial charge >= 0.3 is 0 Å². The normalized spacial score (nSPS) is 23.2. The van der Waals surface area contributed by atoms with E-state index in [-0.39, 0.29) is 0 Å². The number of aryl methyl sites for hydroxylation is 1. The second kappa shape index (κ2) is 5.07. The van der Waals surface area contributed by atoms with Crippen molar-refractivity contribution in [2.75, 3.05) is 20.2 Å². The number of likely N-dealkylation sites (N-methyl/N-ethyl adjacent to an activating group) is 1. The maximum atomic E-state index is 10.8. The molecule has 2 N–H and O–H groups in total. The Balaban J connectivity index is 2.34. The summed E-state index contributed by atoms with van der Waals surface area (Å²) in [6.07, 6.45) is 2.91. The fraction of sp³-hybridized carbons (Fsp3) is 0.571. The lowest BCUT2D eigenvalue weighted by molar-refractivity contribution is 0.0195. The van der Waals surface area contributed by atoms with Gasteiger partial charge in [-0.2, -0.15) is 0 Å². The van der Waals surface area contributed by atoms with Gasteiger partial charge in [-0.15, -0.1) is 0 Å². The van der Waals surface area contributed by atoms with Gasteiger partial charge in [-0.25, -0.2) is 0 Å².